The molecule has 1 fully saturated rings. The lowest BCUT2D eigenvalue weighted by Crippen LogP contribution is -2.40. The highest BCUT2D eigenvalue weighted by Crippen LogP contribution is 2.19. The van der Waals surface area contributed by atoms with Crippen LogP contribution in [0.5, 0.6) is 0 Å². The molecule has 6 heteroatoms. The molecule has 0 spiro atoms. The number of esters is 1. The Bertz CT molecular complexity index is 461. The molecule has 0 saturated carbocycles. The number of aliphatic hydroxyl groups is 1. The summed E-state index contributed by atoms with van der Waals surface area (Å²) in [6.45, 7) is 0.0418. The maximum absolute atomic E-state index is 11.8. The first-order valence-corrected chi connectivity index (χ1v) is 5.96. The molecule has 1 amide bonds. The summed E-state index contributed by atoms with van der Waals surface area (Å²) < 4.78 is 5.09. The smallest absolute Gasteiger partial charge is 0.408 e. The van der Waals surface area contributed by atoms with Crippen LogP contribution in [0.4, 0.5) is 4.79 Å². The molecular formula is C13H15NO5. The number of carbonyl (C=O) groups excluding carboxylic acids is 1. The number of carboxylic acid groups (broad SMARTS) is 1. The van der Waals surface area contributed by atoms with Gasteiger partial charge < -0.3 is 14.9 Å². The fraction of sp³-hybridized carbons (Fsp3) is 0.385. The van der Waals surface area contributed by atoms with E-state index in [4.69, 9.17) is 9.84 Å². The quantitative estimate of drug-likeness (QED) is 0.791. The summed E-state index contributed by atoms with van der Waals surface area (Å²) in [4.78, 5) is 23.7. The van der Waals surface area contributed by atoms with Gasteiger partial charge in [-0.2, -0.15) is 0 Å². The third-order valence-corrected chi connectivity index (χ3v) is 3.02. The first-order valence-electron chi connectivity index (χ1n) is 5.96. The van der Waals surface area contributed by atoms with Crippen LogP contribution < -0.4 is 0 Å². The van der Waals surface area contributed by atoms with Crippen LogP contribution in [0, 0.1) is 0 Å². The molecule has 0 bridgehead atoms. The van der Waals surface area contributed by atoms with Crippen molar-refractivity contribution < 1.29 is 24.5 Å². The second kappa shape index (κ2) is 5.71. The second-order valence-corrected chi connectivity index (χ2v) is 4.43. The molecule has 1 heterocycles. The SMILES string of the molecule is O=C(OCc1ccccc1)[C@H]1CC(O)CN1C(=O)O. The topological polar surface area (TPSA) is 87.1 Å². The van der Waals surface area contributed by atoms with E-state index >= 15 is 0 Å². The number of likely N-dealkylation sites (tertiary alicyclic amines) is 1. The zero-order valence-corrected chi connectivity index (χ0v) is 10.2. The van der Waals surface area contributed by atoms with Crippen molar-refractivity contribution in [1.29, 1.82) is 0 Å². The molecule has 2 N–H and O–H groups in total. The van der Waals surface area contributed by atoms with E-state index in [1.807, 2.05) is 30.3 Å². The van der Waals surface area contributed by atoms with Crippen LogP contribution >= 0.6 is 0 Å². The van der Waals surface area contributed by atoms with E-state index in [-0.39, 0.29) is 19.6 Å². The molecule has 6 nitrogen and oxygen atoms in total. The zero-order chi connectivity index (χ0) is 13.8. The molecule has 1 aliphatic rings. The number of aliphatic hydroxyl groups excluding tert-OH is 1. The van der Waals surface area contributed by atoms with Gasteiger partial charge in [0.2, 0.25) is 0 Å². The lowest BCUT2D eigenvalue weighted by atomic mass is 10.2. The molecule has 1 unspecified atom stereocenters. The van der Waals surface area contributed by atoms with Crippen LogP contribution in [0.3, 0.4) is 0 Å². The van der Waals surface area contributed by atoms with Crippen LogP contribution in [0.2, 0.25) is 0 Å². The van der Waals surface area contributed by atoms with Gasteiger partial charge in [-0.05, 0) is 5.56 Å². The van der Waals surface area contributed by atoms with E-state index in [0.29, 0.717) is 0 Å². The first kappa shape index (κ1) is 13.4. The van der Waals surface area contributed by atoms with E-state index in [1.54, 1.807) is 0 Å². The van der Waals surface area contributed by atoms with Crippen LogP contribution in [0.25, 0.3) is 0 Å². The molecule has 102 valence electrons. The summed E-state index contributed by atoms with van der Waals surface area (Å²) in [7, 11) is 0. The molecule has 1 saturated heterocycles. The number of ether oxygens (including phenoxy) is 1. The fourth-order valence-corrected chi connectivity index (χ4v) is 2.07. The summed E-state index contributed by atoms with van der Waals surface area (Å²) in [6, 6.07) is 8.21. The van der Waals surface area contributed by atoms with Crippen molar-refractivity contribution in [2.24, 2.45) is 0 Å². The van der Waals surface area contributed by atoms with E-state index in [0.717, 1.165) is 10.5 Å². The van der Waals surface area contributed by atoms with Crippen molar-refractivity contribution in [2.45, 2.75) is 25.2 Å². The molecule has 0 radical (unpaired) electrons. The molecule has 1 aromatic rings. The number of benzene rings is 1. The Morgan fingerprint density at radius 2 is 2.00 bits per heavy atom. The molecule has 2 atom stereocenters. The van der Waals surface area contributed by atoms with Gasteiger partial charge in [-0.15, -0.1) is 0 Å². The fourth-order valence-electron chi connectivity index (χ4n) is 2.07. The zero-order valence-electron chi connectivity index (χ0n) is 10.2. The molecule has 1 aliphatic heterocycles. The van der Waals surface area contributed by atoms with E-state index in [2.05, 4.69) is 0 Å². The molecule has 0 aromatic heterocycles. The van der Waals surface area contributed by atoms with E-state index in [1.165, 1.54) is 0 Å². The van der Waals surface area contributed by atoms with Gasteiger partial charge in [-0.1, -0.05) is 30.3 Å². The van der Waals surface area contributed by atoms with Crippen molar-refractivity contribution in [3.05, 3.63) is 35.9 Å². The minimum Gasteiger partial charge on any atom is -0.465 e. The summed E-state index contributed by atoms with van der Waals surface area (Å²) in [5.74, 6) is -0.622. The van der Waals surface area contributed by atoms with Gasteiger partial charge in [-0.3, -0.25) is 4.90 Å². The van der Waals surface area contributed by atoms with Gasteiger partial charge in [0.25, 0.3) is 0 Å². The molecule has 1 aromatic carbocycles. The highest BCUT2D eigenvalue weighted by Gasteiger charge is 2.39. The number of nitrogens with zero attached hydrogens (tertiary/aromatic N) is 1. The highest BCUT2D eigenvalue weighted by atomic mass is 16.5. The summed E-state index contributed by atoms with van der Waals surface area (Å²) in [5.41, 5.74) is 0.830. The predicted octanol–water partition coefficient (Wildman–Crippen LogP) is 0.843. The maximum atomic E-state index is 11.8. The minimum absolute atomic E-state index is 0.0551. The third kappa shape index (κ3) is 3.23. The number of hydrogen-bond donors (Lipinski definition) is 2. The van der Waals surface area contributed by atoms with Gasteiger partial charge in [-0.25, -0.2) is 9.59 Å². The Balaban J connectivity index is 1.94. The van der Waals surface area contributed by atoms with Gasteiger partial charge in [0.1, 0.15) is 12.6 Å². The lowest BCUT2D eigenvalue weighted by Gasteiger charge is -2.19. The van der Waals surface area contributed by atoms with E-state index < -0.39 is 24.2 Å². The minimum atomic E-state index is -1.22. The molecule has 0 aliphatic carbocycles. The van der Waals surface area contributed by atoms with Crippen molar-refractivity contribution in [3.63, 3.8) is 0 Å². The molecular weight excluding hydrogens is 250 g/mol. The summed E-state index contributed by atoms with van der Waals surface area (Å²) in [5, 5.41) is 18.4. The predicted molar refractivity (Wildman–Crippen MR) is 65.4 cm³/mol. The average molecular weight is 265 g/mol. The number of hydrogen-bond acceptors (Lipinski definition) is 4. The van der Waals surface area contributed by atoms with Crippen molar-refractivity contribution >= 4 is 12.1 Å². The van der Waals surface area contributed by atoms with Gasteiger partial charge in [0.05, 0.1) is 12.6 Å². The lowest BCUT2D eigenvalue weighted by molar-refractivity contribution is -0.149. The standard InChI is InChI=1S/C13H15NO5/c15-10-6-11(14(7-10)13(17)18)12(16)19-8-9-4-2-1-3-5-9/h1-5,10-11,15H,6-8H2,(H,17,18)/t10?,11-/m1/s1. The highest BCUT2D eigenvalue weighted by molar-refractivity contribution is 5.81. The average Bonchev–Trinajstić information content (AvgIpc) is 2.79. The Hall–Kier alpha value is -2.08. The first-order chi connectivity index (χ1) is 9.08. The van der Waals surface area contributed by atoms with Gasteiger partial charge >= 0.3 is 12.1 Å². The summed E-state index contributed by atoms with van der Waals surface area (Å²) in [6.07, 6.45) is -1.96. The van der Waals surface area contributed by atoms with Gasteiger partial charge in [0.15, 0.2) is 0 Å². The van der Waals surface area contributed by atoms with Crippen molar-refractivity contribution in [3.8, 4) is 0 Å². The van der Waals surface area contributed by atoms with E-state index in [9.17, 15) is 14.7 Å². The Labute approximate surface area is 110 Å². The Morgan fingerprint density at radius 3 is 2.63 bits per heavy atom. The summed E-state index contributed by atoms with van der Waals surface area (Å²) >= 11 is 0. The number of carbonyl (C=O) groups is 2. The number of β-amino-alcohol motifs (C(OH)–C–C–N with tert-alkyl or cyclic N) is 1. The van der Waals surface area contributed by atoms with Crippen molar-refractivity contribution in [1.82, 2.24) is 4.90 Å². The monoisotopic (exact) mass is 265 g/mol. The normalized spacial score (nSPS) is 22.3. The number of rotatable bonds is 3. The number of amides is 1. The van der Waals surface area contributed by atoms with Crippen LogP contribution in [0.1, 0.15) is 12.0 Å². The van der Waals surface area contributed by atoms with Crippen molar-refractivity contribution in [2.75, 3.05) is 6.54 Å². The van der Waals surface area contributed by atoms with Crippen LogP contribution in [0.15, 0.2) is 30.3 Å². The van der Waals surface area contributed by atoms with Gasteiger partial charge in [0, 0.05) is 6.42 Å². The maximum Gasteiger partial charge on any atom is 0.408 e. The Morgan fingerprint density at radius 1 is 1.32 bits per heavy atom. The van der Waals surface area contributed by atoms with Crippen LogP contribution in [-0.2, 0) is 16.1 Å². The Kier molecular flexibility index (Phi) is 4.01. The second-order valence-electron chi connectivity index (χ2n) is 4.43. The molecule has 2 rings (SSSR count). The molecule has 19 heavy (non-hydrogen) atoms. The largest absolute Gasteiger partial charge is 0.465 e. The third-order valence-electron chi connectivity index (χ3n) is 3.02. The van der Waals surface area contributed by atoms with Crippen LogP contribution in [-0.4, -0.2) is 45.9 Å².